The number of ketones is 1. The van der Waals surface area contributed by atoms with E-state index in [0.29, 0.717) is 22.3 Å². The number of hydrogen-bond acceptors (Lipinski definition) is 2. The molecule has 2 N–H and O–H groups in total. The van der Waals surface area contributed by atoms with Crippen LogP contribution in [0, 0.1) is 24.5 Å². The van der Waals surface area contributed by atoms with E-state index in [9.17, 15) is 18.4 Å². The number of rotatable bonds is 4. The SMILES string of the molecule is Cc1[nH]c2ccc(NC(=O)C3CCCC3)cc2c1C(=O)c1c(F)cccc1F. The summed E-state index contributed by atoms with van der Waals surface area (Å²) in [6, 6.07) is 8.53. The Morgan fingerprint density at radius 2 is 1.71 bits per heavy atom. The maximum Gasteiger partial charge on any atom is 0.227 e. The van der Waals surface area contributed by atoms with Gasteiger partial charge in [-0.15, -0.1) is 0 Å². The maximum atomic E-state index is 14.1. The van der Waals surface area contributed by atoms with Crippen molar-refractivity contribution >= 4 is 28.3 Å². The number of aromatic amines is 1. The Morgan fingerprint density at radius 1 is 1.04 bits per heavy atom. The molecule has 1 amide bonds. The molecule has 0 bridgehead atoms. The van der Waals surface area contributed by atoms with E-state index in [1.165, 1.54) is 6.07 Å². The number of anilines is 1. The van der Waals surface area contributed by atoms with Gasteiger partial charge >= 0.3 is 0 Å². The molecule has 6 heteroatoms. The lowest BCUT2D eigenvalue weighted by atomic mass is 9.99. The summed E-state index contributed by atoms with van der Waals surface area (Å²) in [6.07, 6.45) is 3.88. The van der Waals surface area contributed by atoms with Gasteiger partial charge in [0, 0.05) is 28.2 Å². The molecule has 0 saturated heterocycles. The van der Waals surface area contributed by atoms with Crippen LogP contribution in [0.1, 0.15) is 47.3 Å². The van der Waals surface area contributed by atoms with Crippen LogP contribution in [0.5, 0.6) is 0 Å². The van der Waals surface area contributed by atoms with Crippen molar-refractivity contribution in [1.29, 1.82) is 0 Å². The van der Waals surface area contributed by atoms with E-state index < -0.39 is 23.0 Å². The van der Waals surface area contributed by atoms with Gasteiger partial charge in [0.1, 0.15) is 11.6 Å². The molecule has 0 unspecified atom stereocenters. The minimum atomic E-state index is -0.899. The Kier molecular flexibility index (Phi) is 4.71. The van der Waals surface area contributed by atoms with Gasteiger partial charge in [-0.1, -0.05) is 18.9 Å². The molecular weight excluding hydrogens is 362 g/mol. The predicted octanol–water partition coefficient (Wildman–Crippen LogP) is 5.11. The summed E-state index contributed by atoms with van der Waals surface area (Å²) in [5, 5.41) is 3.42. The molecule has 1 heterocycles. The average molecular weight is 382 g/mol. The van der Waals surface area contributed by atoms with Crippen molar-refractivity contribution in [3.05, 3.63) is 64.9 Å². The first kappa shape index (κ1) is 18.3. The van der Waals surface area contributed by atoms with Crippen LogP contribution < -0.4 is 5.32 Å². The number of aromatic nitrogens is 1. The van der Waals surface area contributed by atoms with E-state index in [2.05, 4.69) is 10.3 Å². The van der Waals surface area contributed by atoms with E-state index in [1.807, 2.05) is 0 Å². The highest BCUT2D eigenvalue weighted by Gasteiger charge is 2.25. The van der Waals surface area contributed by atoms with Crippen molar-refractivity contribution in [3.63, 3.8) is 0 Å². The Balaban J connectivity index is 1.73. The van der Waals surface area contributed by atoms with Gasteiger partial charge < -0.3 is 10.3 Å². The third kappa shape index (κ3) is 3.19. The molecule has 1 aliphatic carbocycles. The van der Waals surface area contributed by atoms with E-state index in [-0.39, 0.29) is 17.4 Å². The second-order valence-electron chi connectivity index (χ2n) is 7.28. The highest BCUT2D eigenvalue weighted by molar-refractivity contribution is 6.18. The third-order valence-corrected chi connectivity index (χ3v) is 5.40. The zero-order valence-electron chi connectivity index (χ0n) is 15.4. The summed E-state index contributed by atoms with van der Waals surface area (Å²) in [5.74, 6) is -2.54. The van der Waals surface area contributed by atoms with Crippen LogP contribution in [0.4, 0.5) is 14.5 Å². The molecule has 1 saturated carbocycles. The maximum absolute atomic E-state index is 14.1. The van der Waals surface area contributed by atoms with Crippen molar-refractivity contribution in [2.24, 2.45) is 5.92 Å². The molecular formula is C22H20F2N2O2. The molecule has 0 aliphatic heterocycles. The first-order chi connectivity index (χ1) is 13.5. The Morgan fingerprint density at radius 3 is 2.39 bits per heavy atom. The van der Waals surface area contributed by atoms with Gasteiger partial charge in [0.2, 0.25) is 11.7 Å². The molecule has 1 aliphatic rings. The summed E-state index contributed by atoms with van der Waals surface area (Å²) in [4.78, 5) is 28.4. The number of carbonyl (C=O) groups is 2. The van der Waals surface area contributed by atoms with Crippen LogP contribution in [-0.4, -0.2) is 16.7 Å². The number of hydrogen-bond donors (Lipinski definition) is 2. The Labute approximate surface area is 160 Å². The monoisotopic (exact) mass is 382 g/mol. The zero-order chi connectivity index (χ0) is 19.8. The Hall–Kier alpha value is -3.02. The topological polar surface area (TPSA) is 62.0 Å². The first-order valence-electron chi connectivity index (χ1n) is 9.37. The summed E-state index contributed by atoms with van der Waals surface area (Å²) in [5.41, 5.74) is 1.37. The van der Waals surface area contributed by atoms with Gasteiger partial charge in [0.25, 0.3) is 0 Å². The smallest absolute Gasteiger partial charge is 0.227 e. The second kappa shape index (κ2) is 7.19. The van der Waals surface area contributed by atoms with Crippen molar-refractivity contribution in [2.45, 2.75) is 32.6 Å². The van der Waals surface area contributed by atoms with E-state index in [1.54, 1.807) is 25.1 Å². The number of aryl methyl sites for hydroxylation is 1. The number of amides is 1. The van der Waals surface area contributed by atoms with E-state index >= 15 is 0 Å². The van der Waals surface area contributed by atoms with E-state index in [0.717, 1.165) is 37.8 Å². The van der Waals surface area contributed by atoms with Gasteiger partial charge in [-0.05, 0) is 50.1 Å². The van der Waals surface area contributed by atoms with Gasteiger partial charge in [0.15, 0.2) is 0 Å². The van der Waals surface area contributed by atoms with Gasteiger partial charge in [0.05, 0.1) is 11.1 Å². The molecule has 0 atom stereocenters. The highest BCUT2D eigenvalue weighted by atomic mass is 19.1. The number of benzene rings is 2. The average Bonchev–Trinajstić information content (AvgIpc) is 3.28. The largest absolute Gasteiger partial charge is 0.358 e. The third-order valence-electron chi connectivity index (χ3n) is 5.40. The number of fused-ring (bicyclic) bond motifs is 1. The molecule has 1 aromatic heterocycles. The standard InChI is InChI=1S/C22H20F2N2O2/c1-12-19(21(27)20-16(23)7-4-8-17(20)24)15-11-14(9-10-18(15)25-12)26-22(28)13-5-2-3-6-13/h4,7-11,13,25H,2-3,5-6H2,1H3,(H,26,28). The lowest BCUT2D eigenvalue weighted by Gasteiger charge is -2.11. The zero-order valence-corrected chi connectivity index (χ0v) is 15.4. The summed E-state index contributed by atoms with van der Waals surface area (Å²) in [7, 11) is 0. The second-order valence-corrected chi connectivity index (χ2v) is 7.28. The molecule has 28 heavy (non-hydrogen) atoms. The predicted molar refractivity (Wildman–Crippen MR) is 103 cm³/mol. The fourth-order valence-electron chi connectivity index (χ4n) is 3.97. The fraction of sp³-hybridized carbons (Fsp3) is 0.273. The molecule has 3 aromatic rings. The van der Waals surface area contributed by atoms with Gasteiger partial charge in [-0.25, -0.2) is 8.78 Å². The van der Waals surface area contributed by atoms with Crippen LogP contribution in [0.2, 0.25) is 0 Å². The molecule has 0 spiro atoms. The van der Waals surface area contributed by atoms with Crippen molar-refractivity contribution in [3.8, 4) is 0 Å². The van der Waals surface area contributed by atoms with Gasteiger partial charge in [-0.3, -0.25) is 9.59 Å². The summed E-state index contributed by atoms with van der Waals surface area (Å²) in [6.45, 7) is 1.68. The highest BCUT2D eigenvalue weighted by Crippen LogP contribution is 2.30. The molecule has 2 aromatic carbocycles. The molecule has 4 nitrogen and oxygen atoms in total. The number of nitrogens with one attached hydrogen (secondary N) is 2. The minimum absolute atomic E-state index is 0.0114. The van der Waals surface area contributed by atoms with Crippen molar-refractivity contribution in [2.75, 3.05) is 5.32 Å². The Bertz CT molecular complexity index is 1060. The number of halogens is 2. The fourth-order valence-corrected chi connectivity index (χ4v) is 3.97. The summed E-state index contributed by atoms with van der Waals surface area (Å²) < 4.78 is 28.2. The van der Waals surface area contributed by atoms with Crippen LogP contribution in [0.15, 0.2) is 36.4 Å². The minimum Gasteiger partial charge on any atom is -0.358 e. The van der Waals surface area contributed by atoms with E-state index in [4.69, 9.17) is 0 Å². The number of H-pyrrole nitrogens is 1. The number of carbonyl (C=O) groups excluding carboxylic acids is 2. The lowest BCUT2D eigenvalue weighted by Crippen LogP contribution is -2.20. The van der Waals surface area contributed by atoms with Crippen molar-refractivity contribution < 1.29 is 18.4 Å². The molecule has 4 rings (SSSR count). The molecule has 0 radical (unpaired) electrons. The van der Waals surface area contributed by atoms with Gasteiger partial charge in [-0.2, -0.15) is 0 Å². The molecule has 1 fully saturated rings. The molecule has 144 valence electrons. The van der Waals surface area contributed by atoms with Crippen LogP contribution in [0.25, 0.3) is 10.9 Å². The summed E-state index contributed by atoms with van der Waals surface area (Å²) >= 11 is 0. The van der Waals surface area contributed by atoms with Crippen LogP contribution >= 0.6 is 0 Å². The van der Waals surface area contributed by atoms with Crippen molar-refractivity contribution in [1.82, 2.24) is 4.98 Å². The van der Waals surface area contributed by atoms with Crippen LogP contribution in [0.3, 0.4) is 0 Å². The first-order valence-corrected chi connectivity index (χ1v) is 9.37. The lowest BCUT2D eigenvalue weighted by molar-refractivity contribution is -0.119. The normalized spacial score (nSPS) is 14.5. The van der Waals surface area contributed by atoms with Crippen LogP contribution in [-0.2, 0) is 4.79 Å². The quantitative estimate of drug-likeness (QED) is 0.616.